The standard InChI is InChI=1S/C25H19F3N2O4S/c26-25(27,28)18-4-1-3-16(13-18)6-9-22(31)30-15-23(32)29(11-10-19-5-2-12-35-19)20-8-7-17(24(33)34)14-21(20)30/h1-9,12-14H,10-11,15H2,(H,33,34)/b9-6+. The summed E-state index contributed by atoms with van der Waals surface area (Å²) in [5, 5.41) is 11.3. The Bertz CT molecular complexity index is 1300. The van der Waals surface area contributed by atoms with Gasteiger partial charge in [0.25, 0.3) is 5.91 Å². The first-order valence-electron chi connectivity index (χ1n) is 10.5. The number of fused-ring (bicyclic) bond motifs is 1. The van der Waals surface area contributed by atoms with Crippen LogP contribution in [0.5, 0.6) is 0 Å². The fourth-order valence-electron chi connectivity index (χ4n) is 3.74. The number of hydrogen-bond acceptors (Lipinski definition) is 4. The molecule has 0 saturated carbocycles. The van der Waals surface area contributed by atoms with Gasteiger partial charge in [0.15, 0.2) is 0 Å². The van der Waals surface area contributed by atoms with Crippen LogP contribution in [0, 0.1) is 0 Å². The van der Waals surface area contributed by atoms with Gasteiger partial charge in [-0.1, -0.05) is 18.2 Å². The lowest BCUT2D eigenvalue weighted by molar-refractivity contribution is -0.137. The van der Waals surface area contributed by atoms with Gasteiger partial charge in [0.1, 0.15) is 6.54 Å². The molecule has 0 fully saturated rings. The molecule has 35 heavy (non-hydrogen) atoms. The van der Waals surface area contributed by atoms with E-state index < -0.39 is 23.6 Å². The lowest BCUT2D eigenvalue weighted by Crippen LogP contribution is -2.48. The zero-order valence-electron chi connectivity index (χ0n) is 18.2. The molecule has 0 saturated heterocycles. The van der Waals surface area contributed by atoms with Gasteiger partial charge in [-0.05, 0) is 59.8 Å². The van der Waals surface area contributed by atoms with Crippen molar-refractivity contribution in [2.24, 2.45) is 0 Å². The molecule has 2 heterocycles. The molecule has 1 aliphatic rings. The summed E-state index contributed by atoms with van der Waals surface area (Å²) in [6.45, 7) is 0.0210. The van der Waals surface area contributed by atoms with Crippen LogP contribution in [0.3, 0.4) is 0 Å². The maximum Gasteiger partial charge on any atom is 0.416 e. The first kappa shape index (κ1) is 24.2. The number of alkyl halides is 3. The quantitative estimate of drug-likeness (QED) is 0.478. The second-order valence-corrected chi connectivity index (χ2v) is 8.80. The van der Waals surface area contributed by atoms with E-state index in [0.29, 0.717) is 18.7 Å². The summed E-state index contributed by atoms with van der Waals surface area (Å²) in [6, 6.07) is 12.5. The molecule has 3 aromatic rings. The van der Waals surface area contributed by atoms with E-state index in [1.165, 1.54) is 41.3 Å². The first-order chi connectivity index (χ1) is 16.6. The number of anilines is 2. The predicted molar refractivity (Wildman–Crippen MR) is 127 cm³/mol. The van der Waals surface area contributed by atoms with Crippen molar-refractivity contribution in [1.82, 2.24) is 0 Å². The Hall–Kier alpha value is -3.92. The number of aromatic carboxylic acids is 1. The monoisotopic (exact) mass is 500 g/mol. The number of thiophene rings is 1. The predicted octanol–water partition coefficient (Wildman–Crippen LogP) is 5.10. The summed E-state index contributed by atoms with van der Waals surface area (Å²) >= 11 is 1.55. The fraction of sp³-hybridized carbons (Fsp3) is 0.160. The van der Waals surface area contributed by atoms with E-state index >= 15 is 0 Å². The molecule has 0 aliphatic carbocycles. The maximum absolute atomic E-state index is 13.0. The smallest absolute Gasteiger partial charge is 0.416 e. The van der Waals surface area contributed by atoms with Crippen molar-refractivity contribution in [2.45, 2.75) is 12.6 Å². The summed E-state index contributed by atoms with van der Waals surface area (Å²) in [5.41, 5.74) is -0.111. The molecular weight excluding hydrogens is 481 g/mol. The van der Waals surface area contributed by atoms with Gasteiger partial charge in [-0.3, -0.25) is 14.5 Å². The average Bonchev–Trinajstić information content (AvgIpc) is 3.34. The number of carboxylic acid groups (broad SMARTS) is 1. The minimum absolute atomic E-state index is 0.0593. The molecule has 6 nitrogen and oxygen atoms in total. The Kier molecular flexibility index (Phi) is 6.74. The van der Waals surface area contributed by atoms with E-state index in [0.717, 1.165) is 28.0 Å². The molecule has 10 heteroatoms. The summed E-state index contributed by atoms with van der Waals surface area (Å²) in [6.07, 6.45) is -1.63. The van der Waals surface area contributed by atoms with Crippen molar-refractivity contribution in [3.8, 4) is 0 Å². The molecule has 0 unspecified atom stereocenters. The van der Waals surface area contributed by atoms with E-state index in [1.54, 1.807) is 11.3 Å². The molecule has 1 aliphatic heterocycles. The van der Waals surface area contributed by atoms with Gasteiger partial charge in [-0.15, -0.1) is 11.3 Å². The highest BCUT2D eigenvalue weighted by Crippen LogP contribution is 2.35. The van der Waals surface area contributed by atoms with Gasteiger partial charge < -0.3 is 10.0 Å². The highest BCUT2D eigenvalue weighted by atomic mass is 32.1. The molecule has 0 radical (unpaired) electrons. The molecule has 1 N–H and O–H groups in total. The van der Waals surface area contributed by atoms with E-state index in [-0.39, 0.29) is 29.3 Å². The SMILES string of the molecule is O=C(O)c1ccc2c(c1)N(C(=O)/C=C/c1cccc(C(F)(F)F)c1)CC(=O)N2CCc1cccs1. The molecule has 0 atom stereocenters. The lowest BCUT2D eigenvalue weighted by atomic mass is 10.1. The topological polar surface area (TPSA) is 77.9 Å². The third-order valence-electron chi connectivity index (χ3n) is 5.46. The van der Waals surface area contributed by atoms with E-state index in [4.69, 9.17) is 0 Å². The highest BCUT2D eigenvalue weighted by Gasteiger charge is 2.33. The number of amides is 2. The molecule has 180 valence electrons. The minimum Gasteiger partial charge on any atom is -0.478 e. The van der Waals surface area contributed by atoms with Gasteiger partial charge in [-0.25, -0.2) is 4.79 Å². The Morgan fingerprint density at radius 2 is 1.86 bits per heavy atom. The Labute approximate surface area is 202 Å². The van der Waals surface area contributed by atoms with Crippen LogP contribution in [-0.2, 0) is 22.2 Å². The zero-order valence-corrected chi connectivity index (χ0v) is 19.0. The van der Waals surface area contributed by atoms with Crippen molar-refractivity contribution in [3.05, 3.63) is 87.6 Å². The van der Waals surface area contributed by atoms with E-state index in [9.17, 15) is 32.7 Å². The highest BCUT2D eigenvalue weighted by molar-refractivity contribution is 7.09. The Morgan fingerprint density at radius 1 is 1.06 bits per heavy atom. The van der Waals surface area contributed by atoms with Crippen molar-refractivity contribution < 1.29 is 32.7 Å². The van der Waals surface area contributed by atoms with Gasteiger partial charge in [-0.2, -0.15) is 13.2 Å². The average molecular weight is 500 g/mol. The van der Waals surface area contributed by atoms with Crippen molar-refractivity contribution in [3.63, 3.8) is 0 Å². The van der Waals surface area contributed by atoms with E-state index in [1.807, 2.05) is 17.5 Å². The Balaban J connectivity index is 1.63. The molecule has 2 amide bonds. The van der Waals surface area contributed by atoms with Gasteiger partial charge in [0.05, 0.1) is 22.5 Å². The first-order valence-corrected chi connectivity index (χ1v) is 11.4. The third kappa shape index (κ3) is 5.43. The van der Waals surface area contributed by atoms with Crippen LogP contribution in [-0.4, -0.2) is 36.0 Å². The number of hydrogen-bond donors (Lipinski definition) is 1. The third-order valence-corrected chi connectivity index (χ3v) is 6.39. The summed E-state index contributed by atoms with van der Waals surface area (Å²) in [5.74, 6) is -2.20. The van der Waals surface area contributed by atoms with Crippen LogP contribution < -0.4 is 9.80 Å². The molecule has 1 aromatic heterocycles. The number of carbonyl (C=O) groups excluding carboxylic acids is 2. The number of halogens is 3. The molecule has 0 bridgehead atoms. The van der Waals surface area contributed by atoms with Crippen molar-refractivity contribution in [2.75, 3.05) is 22.9 Å². The largest absolute Gasteiger partial charge is 0.478 e. The van der Waals surface area contributed by atoms with E-state index in [2.05, 4.69) is 0 Å². The molecular formula is C25H19F3N2O4S. The molecule has 0 spiro atoms. The number of carbonyl (C=O) groups is 3. The van der Waals surface area contributed by atoms with Crippen LogP contribution in [0.25, 0.3) is 6.08 Å². The number of benzene rings is 2. The van der Waals surface area contributed by atoms with Crippen molar-refractivity contribution in [1.29, 1.82) is 0 Å². The molecule has 4 rings (SSSR count). The lowest BCUT2D eigenvalue weighted by Gasteiger charge is -2.36. The van der Waals surface area contributed by atoms with Crippen LogP contribution in [0.1, 0.15) is 26.4 Å². The van der Waals surface area contributed by atoms with Gasteiger partial charge in [0, 0.05) is 17.5 Å². The summed E-state index contributed by atoms with van der Waals surface area (Å²) < 4.78 is 38.9. The summed E-state index contributed by atoms with van der Waals surface area (Å²) in [7, 11) is 0. The normalized spacial score (nSPS) is 13.9. The van der Waals surface area contributed by atoms with Crippen LogP contribution in [0.15, 0.2) is 66.1 Å². The van der Waals surface area contributed by atoms with Gasteiger partial charge in [0.2, 0.25) is 5.91 Å². The number of rotatable bonds is 6. The fourth-order valence-corrected chi connectivity index (χ4v) is 4.43. The minimum atomic E-state index is -4.52. The maximum atomic E-state index is 13.0. The van der Waals surface area contributed by atoms with Crippen molar-refractivity contribution >= 4 is 46.6 Å². The Morgan fingerprint density at radius 3 is 2.54 bits per heavy atom. The molecule has 2 aromatic carbocycles. The second-order valence-electron chi connectivity index (χ2n) is 7.76. The van der Waals surface area contributed by atoms with Crippen LogP contribution in [0.4, 0.5) is 24.5 Å². The number of carboxylic acids is 1. The second kappa shape index (κ2) is 9.75. The van der Waals surface area contributed by atoms with Crippen LogP contribution in [0.2, 0.25) is 0 Å². The zero-order chi connectivity index (χ0) is 25.2. The number of nitrogens with zero attached hydrogens (tertiary/aromatic N) is 2. The van der Waals surface area contributed by atoms with Crippen LogP contribution >= 0.6 is 11.3 Å². The summed E-state index contributed by atoms with van der Waals surface area (Å²) in [4.78, 5) is 41.2. The van der Waals surface area contributed by atoms with Gasteiger partial charge >= 0.3 is 12.1 Å².